The van der Waals surface area contributed by atoms with Crippen LogP contribution in [0.5, 0.6) is 0 Å². The van der Waals surface area contributed by atoms with Gasteiger partial charge in [-0.15, -0.1) is 0 Å². The second-order valence-electron chi connectivity index (χ2n) is 11.7. The van der Waals surface area contributed by atoms with Gasteiger partial charge < -0.3 is 9.84 Å². The van der Waals surface area contributed by atoms with Crippen LogP contribution in [0, 0.1) is 28.6 Å². The number of methoxy groups -OCH3 is 1. The highest BCUT2D eigenvalue weighted by atomic mass is 16.5. The van der Waals surface area contributed by atoms with Crippen molar-refractivity contribution in [3.05, 3.63) is 23.8 Å². The van der Waals surface area contributed by atoms with Crippen LogP contribution in [-0.4, -0.2) is 29.7 Å². The van der Waals surface area contributed by atoms with Gasteiger partial charge in [-0.25, -0.2) is 0 Å². The molecule has 0 aromatic rings. The number of ketones is 1. The molecule has 0 spiro atoms. The van der Waals surface area contributed by atoms with Gasteiger partial charge in [0, 0.05) is 18.9 Å². The van der Waals surface area contributed by atoms with Gasteiger partial charge in [0.15, 0.2) is 5.78 Å². The molecule has 0 aliphatic heterocycles. The summed E-state index contributed by atoms with van der Waals surface area (Å²) in [5, 5.41) is 9.99. The Hall–Kier alpha value is -0.930. The summed E-state index contributed by atoms with van der Waals surface area (Å²) in [7, 11) is 1.81. The summed E-state index contributed by atoms with van der Waals surface area (Å²) < 4.78 is 6.01. The van der Waals surface area contributed by atoms with E-state index >= 15 is 0 Å². The number of allylic oxidation sites excluding steroid dienone is 1. The van der Waals surface area contributed by atoms with Crippen molar-refractivity contribution in [3.8, 4) is 0 Å². The van der Waals surface area contributed by atoms with Crippen molar-refractivity contribution in [3.63, 3.8) is 0 Å². The molecule has 168 valence electrons. The summed E-state index contributed by atoms with van der Waals surface area (Å²) >= 11 is 0. The molecule has 0 saturated heterocycles. The lowest BCUT2D eigenvalue weighted by atomic mass is 9.62. The van der Waals surface area contributed by atoms with Crippen LogP contribution in [0.2, 0.25) is 0 Å². The standard InChI is InChI=1S/C27H42O3/c1-18-23(28)16-21-17-27(18,21)24(30-5)15-19-9-8-14-26(4)20(11-12-22(19)26)10-6-7-13-25(2,3)29/h15,20-22,24,29H,1,6-14,16-17H2,2-5H3/b19-15+/t20-,21-,22-,24?,26+,27-/m0/s1. The van der Waals surface area contributed by atoms with Crippen LogP contribution >= 0.6 is 0 Å². The van der Waals surface area contributed by atoms with E-state index in [1.807, 2.05) is 21.0 Å². The van der Waals surface area contributed by atoms with Gasteiger partial charge in [-0.1, -0.05) is 38.0 Å². The van der Waals surface area contributed by atoms with Crippen molar-refractivity contribution in [1.82, 2.24) is 0 Å². The largest absolute Gasteiger partial charge is 0.390 e. The van der Waals surface area contributed by atoms with Gasteiger partial charge in [-0.05, 0) is 94.0 Å². The van der Waals surface area contributed by atoms with Gasteiger partial charge in [-0.3, -0.25) is 4.79 Å². The van der Waals surface area contributed by atoms with Gasteiger partial charge in [0.2, 0.25) is 0 Å². The summed E-state index contributed by atoms with van der Waals surface area (Å²) in [6.45, 7) is 10.5. The number of fused-ring (bicyclic) bond motifs is 2. The van der Waals surface area contributed by atoms with E-state index in [2.05, 4.69) is 19.6 Å². The maximum Gasteiger partial charge on any atom is 0.159 e. The fourth-order valence-electron chi connectivity index (χ4n) is 7.49. The maximum atomic E-state index is 12.2. The molecule has 0 aromatic carbocycles. The SMILES string of the molecule is C=C1C(=O)C[C@H]2C[C@]12C(/C=C1\CCC[C@]2(C)[C@@H](CCCCC(C)(C)O)CC[C@@H]12)OC. The van der Waals surface area contributed by atoms with Crippen LogP contribution in [0.25, 0.3) is 0 Å². The van der Waals surface area contributed by atoms with Crippen LogP contribution in [0.3, 0.4) is 0 Å². The van der Waals surface area contributed by atoms with Crippen molar-refractivity contribution >= 4 is 5.78 Å². The Bertz CT molecular complexity index is 729. The van der Waals surface area contributed by atoms with Crippen molar-refractivity contribution in [2.24, 2.45) is 28.6 Å². The van der Waals surface area contributed by atoms with E-state index in [0.717, 1.165) is 30.8 Å². The lowest BCUT2D eigenvalue weighted by molar-refractivity contribution is -0.115. The zero-order chi connectivity index (χ0) is 21.7. The minimum atomic E-state index is -0.538. The van der Waals surface area contributed by atoms with E-state index in [9.17, 15) is 9.90 Å². The molecule has 0 heterocycles. The molecule has 0 bridgehead atoms. The molecule has 4 fully saturated rings. The topological polar surface area (TPSA) is 46.5 Å². The number of unbranched alkanes of at least 4 members (excludes halogenated alkanes) is 1. The van der Waals surface area contributed by atoms with Crippen LogP contribution in [-0.2, 0) is 9.53 Å². The highest BCUT2D eigenvalue weighted by Gasteiger charge is 2.66. The Morgan fingerprint density at radius 1 is 1.33 bits per heavy atom. The molecule has 4 aliphatic carbocycles. The summed E-state index contributed by atoms with van der Waals surface area (Å²) in [6.07, 6.45) is 15.2. The fourth-order valence-corrected chi connectivity index (χ4v) is 7.49. The molecule has 1 unspecified atom stereocenters. The van der Waals surface area contributed by atoms with E-state index in [1.165, 1.54) is 44.9 Å². The predicted molar refractivity (Wildman–Crippen MR) is 121 cm³/mol. The van der Waals surface area contributed by atoms with E-state index in [-0.39, 0.29) is 17.3 Å². The smallest absolute Gasteiger partial charge is 0.159 e. The highest BCUT2D eigenvalue weighted by Crippen LogP contribution is 2.68. The molecule has 3 heteroatoms. The molecule has 30 heavy (non-hydrogen) atoms. The predicted octanol–water partition coefficient (Wildman–Crippen LogP) is 6.01. The molecule has 4 rings (SSSR count). The van der Waals surface area contributed by atoms with Crippen molar-refractivity contribution in [1.29, 1.82) is 0 Å². The lowest BCUT2D eigenvalue weighted by Gasteiger charge is -2.43. The molecule has 3 nitrogen and oxygen atoms in total. The highest BCUT2D eigenvalue weighted by molar-refractivity contribution is 6.01. The molecule has 4 aliphatic rings. The van der Waals surface area contributed by atoms with Gasteiger partial charge in [0.05, 0.1) is 11.7 Å². The first-order valence-electron chi connectivity index (χ1n) is 12.3. The first kappa shape index (κ1) is 22.3. The van der Waals surface area contributed by atoms with Crippen LogP contribution in [0.1, 0.15) is 91.4 Å². The lowest BCUT2D eigenvalue weighted by Crippen LogP contribution is -2.34. The van der Waals surface area contributed by atoms with Gasteiger partial charge in [-0.2, -0.15) is 0 Å². The summed E-state index contributed by atoms with van der Waals surface area (Å²) in [6, 6.07) is 0. The third kappa shape index (κ3) is 3.75. The maximum absolute atomic E-state index is 12.2. The van der Waals surface area contributed by atoms with E-state index in [4.69, 9.17) is 4.74 Å². The summed E-state index contributed by atoms with van der Waals surface area (Å²) in [5.74, 6) is 2.18. The molecule has 0 amide bonds. The van der Waals surface area contributed by atoms with Crippen molar-refractivity contribution < 1.29 is 14.6 Å². The second-order valence-corrected chi connectivity index (χ2v) is 11.7. The summed E-state index contributed by atoms with van der Waals surface area (Å²) in [5.41, 5.74) is 2.19. The van der Waals surface area contributed by atoms with Gasteiger partial charge >= 0.3 is 0 Å². The average Bonchev–Trinajstić information content (AvgIpc) is 3.20. The minimum Gasteiger partial charge on any atom is -0.390 e. The first-order valence-corrected chi connectivity index (χ1v) is 12.3. The molecular formula is C27H42O3. The Labute approximate surface area is 183 Å². The van der Waals surface area contributed by atoms with Gasteiger partial charge in [0.25, 0.3) is 0 Å². The first-order chi connectivity index (χ1) is 14.1. The molecule has 0 aromatic heterocycles. The molecule has 0 radical (unpaired) electrons. The molecule has 6 atom stereocenters. The Balaban J connectivity index is 1.45. The van der Waals surface area contributed by atoms with E-state index < -0.39 is 5.60 Å². The number of carbonyl (C=O) groups excluding carboxylic acids is 1. The third-order valence-electron chi connectivity index (χ3n) is 9.36. The van der Waals surface area contributed by atoms with Crippen LogP contribution in [0.4, 0.5) is 0 Å². The molecular weight excluding hydrogens is 372 g/mol. The number of carbonyl (C=O) groups is 1. The van der Waals surface area contributed by atoms with E-state index in [1.54, 1.807) is 5.57 Å². The molecule has 4 saturated carbocycles. The van der Waals surface area contributed by atoms with Gasteiger partial charge in [0.1, 0.15) is 0 Å². The van der Waals surface area contributed by atoms with Crippen molar-refractivity contribution in [2.75, 3.05) is 7.11 Å². The average molecular weight is 415 g/mol. The zero-order valence-corrected chi connectivity index (χ0v) is 19.6. The number of hydrogen-bond acceptors (Lipinski definition) is 3. The fraction of sp³-hybridized carbons (Fsp3) is 0.815. The number of hydrogen-bond donors (Lipinski definition) is 1. The normalized spacial score (nSPS) is 40.6. The van der Waals surface area contributed by atoms with Crippen LogP contribution < -0.4 is 0 Å². The molecule has 1 N–H and O–H groups in total. The Kier molecular flexibility index (Phi) is 5.85. The number of aliphatic hydroxyl groups is 1. The number of rotatable bonds is 8. The zero-order valence-electron chi connectivity index (χ0n) is 19.6. The minimum absolute atomic E-state index is 0.0182. The van der Waals surface area contributed by atoms with Crippen LogP contribution in [0.15, 0.2) is 23.8 Å². The Morgan fingerprint density at radius 2 is 2.10 bits per heavy atom. The Morgan fingerprint density at radius 3 is 2.73 bits per heavy atom. The summed E-state index contributed by atoms with van der Waals surface area (Å²) in [4.78, 5) is 12.2. The van der Waals surface area contributed by atoms with E-state index in [0.29, 0.717) is 23.7 Å². The number of Topliss-reactive ketones (excluding diaryl/α,β-unsaturated/α-hetero) is 1. The second kappa shape index (κ2) is 7.89. The quantitative estimate of drug-likeness (QED) is 0.300. The third-order valence-corrected chi connectivity index (χ3v) is 9.36. The van der Waals surface area contributed by atoms with Crippen molar-refractivity contribution in [2.45, 2.75) is 103 Å². The number of ether oxygens (including phenoxy) is 1. The monoisotopic (exact) mass is 414 g/mol.